The van der Waals surface area contributed by atoms with E-state index in [0.29, 0.717) is 23.7 Å². The Morgan fingerprint density at radius 1 is 1.38 bits per heavy atom. The van der Waals surface area contributed by atoms with E-state index in [1.165, 1.54) is 4.90 Å². The lowest BCUT2D eigenvalue weighted by Crippen LogP contribution is -2.49. The average Bonchev–Trinajstić information content (AvgIpc) is 2.88. The molecule has 0 aliphatic carbocycles. The molecule has 0 saturated carbocycles. The first-order valence-electron chi connectivity index (χ1n) is 8.71. The molecule has 8 nitrogen and oxygen atoms in total. The largest absolute Gasteiger partial charge is 0.489 e. The van der Waals surface area contributed by atoms with Gasteiger partial charge in [0.15, 0.2) is 5.69 Å². The molecule has 2 aromatic rings. The molecule has 0 fully saturated rings. The third-order valence-electron chi connectivity index (χ3n) is 4.69. The van der Waals surface area contributed by atoms with Gasteiger partial charge in [-0.25, -0.2) is 0 Å². The van der Waals surface area contributed by atoms with Gasteiger partial charge in [-0.3, -0.25) is 14.3 Å². The Labute approximate surface area is 151 Å². The number of likely N-dealkylation sites (N-methyl/N-ethyl adjacent to an activating group) is 1. The van der Waals surface area contributed by atoms with E-state index in [1.807, 2.05) is 28.9 Å². The van der Waals surface area contributed by atoms with Crippen molar-refractivity contribution in [3.05, 3.63) is 41.7 Å². The number of aryl methyl sites for hydroxylation is 1. The molecule has 26 heavy (non-hydrogen) atoms. The molecule has 1 atom stereocenters. The number of benzene rings is 1. The highest BCUT2D eigenvalue weighted by atomic mass is 16.5. The molecule has 0 saturated heterocycles. The quantitative estimate of drug-likeness (QED) is 0.820. The van der Waals surface area contributed by atoms with Crippen LogP contribution in [0.5, 0.6) is 5.75 Å². The SMILES string of the molecule is CN1C(=O)[C@@H](NC(=O)c2cc3n(n2)CCCNC3)COc2ccccc21. The lowest BCUT2D eigenvalue weighted by Gasteiger charge is -2.20. The van der Waals surface area contributed by atoms with Crippen LogP contribution in [0.2, 0.25) is 0 Å². The van der Waals surface area contributed by atoms with Gasteiger partial charge in [0.05, 0.1) is 11.4 Å². The van der Waals surface area contributed by atoms with Crippen LogP contribution in [0.3, 0.4) is 0 Å². The average molecular weight is 355 g/mol. The zero-order valence-corrected chi connectivity index (χ0v) is 14.6. The number of ether oxygens (including phenoxy) is 1. The van der Waals surface area contributed by atoms with E-state index < -0.39 is 6.04 Å². The Balaban J connectivity index is 1.50. The summed E-state index contributed by atoms with van der Waals surface area (Å²) in [7, 11) is 1.68. The van der Waals surface area contributed by atoms with Gasteiger partial charge in [-0.2, -0.15) is 5.10 Å². The highest BCUT2D eigenvalue weighted by Gasteiger charge is 2.31. The van der Waals surface area contributed by atoms with Crippen molar-refractivity contribution in [2.24, 2.45) is 0 Å². The second-order valence-electron chi connectivity index (χ2n) is 6.48. The summed E-state index contributed by atoms with van der Waals surface area (Å²) in [4.78, 5) is 26.8. The second-order valence-corrected chi connectivity index (χ2v) is 6.48. The lowest BCUT2D eigenvalue weighted by atomic mass is 10.2. The zero-order chi connectivity index (χ0) is 18.1. The second kappa shape index (κ2) is 6.80. The van der Waals surface area contributed by atoms with Gasteiger partial charge in [-0.1, -0.05) is 12.1 Å². The van der Waals surface area contributed by atoms with Gasteiger partial charge >= 0.3 is 0 Å². The molecular weight excluding hydrogens is 334 g/mol. The number of nitrogens with one attached hydrogen (secondary N) is 2. The van der Waals surface area contributed by atoms with Gasteiger partial charge in [0.1, 0.15) is 18.4 Å². The number of amides is 2. The normalized spacial score (nSPS) is 19.7. The minimum atomic E-state index is -0.764. The Bertz CT molecular complexity index is 824. The molecule has 0 spiro atoms. The van der Waals surface area contributed by atoms with Crippen molar-refractivity contribution in [1.29, 1.82) is 0 Å². The predicted octanol–water partition coefficient (Wildman–Crippen LogP) is 0.530. The van der Waals surface area contributed by atoms with E-state index in [9.17, 15) is 9.59 Å². The van der Waals surface area contributed by atoms with Crippen molar-refractivity contribution < 1.29 is 14.3 Å². The Morgan fingerprint density at radius 2 is 2.23 bits per heavy atom. The summed E-state index contributed by atoms with van der Waals surface area (Å²) >= 11 is 0. The summed E-state index contributed by atoms with van der Waals surface area (Å²) < 4.78 is 7.57. The van der Waals surface area contributed by atoms with Crippen LogP contribution in [0, 0.1) is 0 Å². The fourth-order valence-corrected chi connectivity index (χ4v) is 3.26. The number of aromatic nitrogens is 2. The van der Waals surface area contributed by atoms with E-state index in [1.54, 1.807) is 13.1 Å². The van der Waals surface area contributed by atoms with Gasteiger partial charge < -0.3 is 20.3 Å². The first kappa shape index (κ1) is 16.6. The maximum atomic E-state index is 12.7. The molecule has 136 valence electrons. The maximum Gasteiger partial charge on any atom is 0.272 e. The highest BCUT2D eigenvalue weighted by molar-refractivity contribution is 6.02. The van der Waals surface area contributed by atoms with Crippen molar-refractivity contribution in [1.82, 2.24) is 20.4 Å². The Morgan fingerprint density at radius 3 is 3.12 bits per heavy atom. The van der Waals surface area contributed by atoms with Crippen LogP contribution in [0.25, 0.3) is 0 Å². The minimum absolute atomic E-state index is 0.0844. The van der Waals surface area contributed by atoms with Crippen molar-refractivity contribution in [2.75, 3.05) is 25.1 Å². The van der Waals surface area contributed by atoms with E-state index in [-0.39, 0.29) is 18.4 Å². The lowest BCUT2D eigenvalue weighted by molar-refractivity contribution is -0.120. The minimum Gasteiger partial charge on any atom is -0.489 e. The predicted molar refractivity (Wildman–Crippen MR) is 95.2 cm³/mol. The van der Waals surface area contributed by atoms with Crippen LogP contribution in [0.15, 0.2) is 30.3 Å². The number of anilines is 1. The number of hydrogen-bond acceptors (Lipinski definition) is 5. The fraction of sp³-hybridized carbons (Fsp3) is 0.389. The molecule has 0 unspecified atom stereocenters. The van der Waals surface area contributed by atoms with Crippen LogP contribution in [-0.4, -0.2) is 47.8 Å². The van der Waals surface area contributed by atoms with E-state index in [0.717, 1.165) is 25.2 Å². The van der Waals surface area contributed by atoms with Crippen LogP contribution in [-0.2, 0) is 17.9 Å². The highest BCUT2D eigenvalue weighted by Crippen LogP contribution is 2.29. The fourth-order valence-electron chi connectivity index (χ4n) is 3.26. The topological polar surface area (TPSA) is 88.5 Å². The smallest absolute Gasteiger partial charge is 0.272 e. The number of rotatable bonds is 2. The van der Waals surface area contributed by atoms with Crippen molar-refractivity contribution in [3.63, 3.8) is 0 Å². The summed E-state index contributed by atoms with van der Waals surface area (Å²) in [5.74, 6) is 0.0393. The summed E-state index contributed by atoms with van der Waals surface area (Å²) in [5, 5.41) is 10.4. The molecule has 4 rings (SSSR count). The molecule has 0 radical (unpaired) electrons. The zero-order valence-electron chi connectivity index (χ0n) is 14.6. The van der Waals surface area contributed by atoms with Crippen molar-refractivity contribution in [2.45, 2.75) is 25.6 Å². The van der Waals surface area contributed by atoms with Crippen molar-refractivity contribution in [3.8, 4) is 5.75 Å². The van der Waals surface area contributed by atoms with Gasteiger partial charge in [-0.15, -0.1) is 0 Å². The third-order valence-corrected chi connectivity index (χ3v) is 4.69. The molecule has 2 amide bonds. The van der Waals surface area contributed by atoms with Crippen LogP contribution < -0.4 is 20.3 Å². The van der Waals surface area contributed by atoms with E-state index in [2.05, 4.69) is 15.7 Å². The molecule has 2 N–H and O–H groups in total. The van der Waals surface area contributed by atoms with Crippen molar-refractivity contribution >= 4 is 17.5 Å². The first-order chi connectivity index (χ1) is 12.6. The van der Waals surface area contributed by atoms with E-state index in [4.69, 9.17) is 4.74 Å². The molecule has 1 aromatic heterocycles. The summed E-state index contributed by atoms with van der Waals surface area (Å²) in [5.41, 5.74) is 1.98. The summed E-state index contributed by atoms with van der Waals surface area (Å²) in [6.07, 6.45) is 0.966. The molecule has 2 aliphatic rings. The number of fused-ring (bicyclic) bond motifs is 2. The molecule has 1 aromatic carbocycles. The van der Waals surface area contributed by atoms with E-state index >= 15 is 0 Å². The van der Waals surface area contributed by atoms with Gasteiger partial charge in [0.25, 0.3) is 11.8 Å². The number of para-hydroxylation sites is 2. The molecule has 3 heterocycles. The number of nitrogens with zero attached hydrogens (tertiary/aromatic N) is 3. The van der Waals surface area contributed by atoms with Crippen LogP contribution >= 0.6 is 0 Å². The summed E-state index contributed by atoms with van der Waals surface area (Å²) in [6.45, 7) is 2.48. The summed E-state index contributed by atoms with van der Waals surface area (Å²) in [6, 6.07) is 8.33. The monoisotopic (exact) mass is 355 g/mol. The molecule has 2 aliphatic heterocycles. The van der Waals surface area contributed by atoms with Gasteiger partial charge in [0, 0.05) is 20.1 Å². The Hall–Kier alpha value is -2.87. The van der Waals surface area contributed by atoms with Gasteiger partial charge in [-0.05, 0) is 31.2 Å². The van der Waals surface area contributed by atoms with Crippen LogP contribution in [0.4, 0.5) is 5.69 Å². The third kappa shape index (κ3) is 3.03. The first-order valence-corrected chi connectivity index (χ1v) is 8.71. The molecule has 0 bridgehead atoms. The number of hydrogen-bond donors (Lipinski definition) is 2. The number of carbonyl (C=O) groups excluding carboxylic acids is 2. The molecular formula is C18H21N5O3. The van der Waals surface area contributed by atoms with Crippen LogP contribution in [0.1, 0.15) is 22.6 Å². The molecule has 8 heteroatoms. The maximum absolute atomic E-state index is 12.7. The Kier molecular flexibility index (Phi) is 4.34. The standard InChI is InChI=1S/C18H21N5O3/c1-22-15-5-2-3-6-16(15)26-11-14(18(22)25)20-17(24)13-9-12-10-19-7-4-8-23(12)21-13/h2-3,5-6,9,14,19H,4,7-8,10-11H2,1H3,(H,20,24)/t14-/m0/s1. The number of carbonyl (C=O) groups is 2. The van der Waals surface area contributed by atoms with Gasteiger partial charge in [0.2, 0.25) is 0 Å².